The maximum Gasteiger partial charge on any atom is 0.300 e. The molecule has 1 N–H and O–H groups in total. The van der Waals surface area contributed by atoms with E-state index in [1.807, 2.05) is 11.8 Å². The van der Waals surface area contributed by atoms with Crippen LogP contribution in [0.3, 0.4) is 0 Å². The number of nitro groups is 1. The van der Waals surface area contributed by atoms with Gasteiger partial charge in [0, 0.05) is 36.7 Å². The standard InChI is InChI=1S/C13H18N4O3S/c1-8-6-16(7-9(2)21-8)13(18)10-4-12(14-3)15-5-11(10)17(19)20/h4-5,8-9H,6-7H2,1-3H3,(H,14,15). The van der Waals surface area contributed by atoms with Crippen molar-refractivity contribution in [3.63, 3.8) is 0 Å². The highest BCUT2D eigenvalue weighted by Crippen LogP contribution is 2.28. The Kier molecular flexibility index (Phi) is 4.66. The lowest BCUT2D eigenvalue weighted by molar-refractivity contribution is -0.385. The molecule has 0 bridgehead atoms. The Morgan fingerprint density at radius 3 is 2.62 bits per heavy atom. The molecular formula is C13H18N4O3S. The fraction of sp³-hybridized carbons (Fsp3) is 0.538. The predicted molar refractivity (Wildman–Crippen MR) is 82.9 cm³/mol. The monoisotopic (exact) mass is 310 g/mol. The summed E-state index contributed by atoms with van der Waals surface area (Å²) >= 11 is 1.82. The minimum Gasteiger partial charge on any atom is -0.373 e. The van der Waals surface area contributed by atoms with E-state index in [1.165, 1.54) is 6.07 Å². The molecule has 2 heterocycles. The number of nitrogens with zero attached hydrogens (tertiary/aromatic N) is 3. The second-order valence-corrected chi connectivity index (χ2v) is 6.94. The topological polar surface area (TPSA) is 88.4 Å². The number of hydrogen-bond acceptors (Lipinski definition) is 6. The quantitative estimate of drug-likeness (QED) is 0.678. The highest BCUT2D eigenvalue weighted by Gasteiger charge is 2.30. The molecule has 1 amide bonds. The van der Waals surface area contributed by atoms with Gasteiger partial charge in [-0.25, -0.2) is 4.98 Å². The van der Waals surface area contributed by atoms with Crippen molar-refractivity contribution in [1.29, 1.82) is 0 Å². The van der Waals surface area contributed by atoms with E-state index in [2.05, 4.69) is 24.1 Å². The molecule has 1 aliphatic heterocycles. The lowest BCUT2D eigenvalue weighted by Gasteiger charge is -2.34. The first-order valence-corrected chi connectivity index (χ1v) is 7.63. The van der Waals surface area contributed by atoms with Crippen molar-refractivity contribution in [3.8, 4) is 0 Å². The fourth-order valence-electron chi connectivity index (χ4n) is 2.42. The van der Waals surface area contributed by atoms with Crippen LogP contribution in [0.1, 0.15) is 24.2 Å². The van der Waals surface area contributed by atoms with Gasteiger partial charge in [-0.15, -0.1) is 0 Å². The Labute approximate surface area is 127 Å². The molecule has 0 spiro atoms. The zero-order valence-electron chi connectivity index (χ0n) is 12.2. The Bertz CT molecular complexity index is 556. The summed E-state index contributed by atoms with van der Waals surface area (Å²) in [6.07, 6.45) is 1.13. The first kappa shape index (κ1) is 15.6. The van der Waals surface area contributed by atoms with Crippen LogP contribution in [0.4, 0.5) is 11.5 Å². The van der Waals surface area contributed by atoms with Crippen LogP contribution in [0.2, 0.25) is 0 Å². The van der Waals surface area contributed by atoms with Gasteiger partial charge in [0.1, 0.15) is 17.6 Å². The van der Waals surface area contributed by atoms with Crippen LogP contribution in [0.5, 0.6) is 0 Å². The number of nitrogens with one attached hydrogen (secondary N) is 1. The normalized spacial score (nSPS) is 22.0. The van der Waals surface area contributed by atoms with Gasteiger partial charge in [-0.05, 0) is 0 Å². The molecule has 1 aliphatic rings. The summed E-state index contributed by atoms with van der Waals surface area (Å²) in [4.78, 5) is 28.8. The van der Waals surface area contributed by atoms with E-state index in [0.29, 0.717) is 29.4 Å². The molecule has 2 unspecified atom stereocenters. The number of amides is 1. The second-order valence-electron chi connectivity index (χ2n) is 5.06. The van der Waals surface area contributed by atoms with Crippen molar-refractivity contribution in [2.75, 3.05) is 25.5 Å². The van der Waals surface area contributed by atoms with Crippen LogP contribution in [-0.4, -0.2) is 51.4 Å². The fourth-order valence-corrected chi connectivity index (χ4v) is 3.74. The van der Waals surface area contributed by atoms with Gasteiger partial charge in [-0.2, -0.15) is 11.8 Å². The van der Waals surface area contributed by atoms with Gasteiger partial charge in [0.05, 0.1) is 4.92 Å². The Balaban J connectivity index is 2.35. The molecule has 7 nitrogen and oxygen atoms in total. The third-order valence-corrected chi connectivity index (χ3v) is 4.50. The molecule has 1 fully saturated rings. The number of thioether (sulfide) groups is 1. The first-order chi connectivity index (χ1) is 9.92. The minimum atomic E-state index is -0.564. The van der Waals surface area contributed by atoms with Crippen LogP contribution in [-0.2, 0) is 0 Å². The average Bonchev–Trinajstić information content (AvgIpc) is 2.44. The average molecular weight is 310 g/mol. The number of aromatic nitrogens is 1. The van der Waals surface area contributed by atoms with Gasteiger partial charge >= 0.3 is 0 Å². The summed E-state index contributed by atoms with van der Waals surface area (Å²) in [5.41, 5.74) is -0.164. The second kappa shape index (κ2) is 6.30. The Hall–Kier alpha value is -1.83. The summed E-state index contributed by atoms with van der Waals surface area (Å²) in [7, 11) is 1.66. The van der Waals surface area contributed by atoms with Crippen molar-refractivity contribution in [2.24, 2.45) is 0 Å². The maximum atomic E-state index is 12.6. The van der Waals surface area contributed by atoms with Crippen molar-refractivity contribution >= 4 is 29.2 Å². The van der Waals surface area contributed by atoms with E-state index < -0.39 is 4.92 Å². The minimum absolute atomic E-state index is 0.0886. The van der Waals surface area contributed by atoms with Gasteiger partial charge in [-0.1, -0.05) is 13.8 Å². The van der Waals surface area contributed by atoms with Crippen molar-refractivity contribution in [2.45, 2.75) is 24.3 Å². The summed E-state index contributed by atoms with van der Waals surface area (Å²) in [5, 5.41) is 14.6. The summed E-state index contributed by atoms with van der Waals surface area (Å²) in [5.74, 6) is 0.135. The van der Waals surface area contributed by atoms with Crippen LogP contribution in [0.25, 0.3) is 0 Å². The summed E-state index contributed by atoms with van der Waals surface area (Å²) in [6, 6.07) is 1.44. The lowest BCUT2D eigenvalue weighted by atomic mass is 10.1. The van der Waals surface area contributed by atoms with E-state index in [0.717, 1.165) is 6.20 Å². The van der Waals surface area contributed by atoms with E-state index in [4.69, 9.17) is 0 Å². The van der Waals surface area contributed by atoms with Crippen molar-refractivity contribution in [1.82, 2.24) is 9.88 Å². The molecule has 0 radical (unpaired) electrons. The predicted octanol–water partition coefficient (Wildman–Crippen LogP) is 2.00. The molecule has 0 aromatic carbocycles. The number of anilines is 1. The number of hydrogen-bond donors (Lipinski definition) is 1. The van der Waals surface area contributed by atoms with Gasteiger partial charge < -0.3 is 10.2 Å². The highest BCUT2D eigenvalue weighted by molar-refractivity contribution is 8.00. The molecule has 2 rings (SSSR count). The molecule has 114 valence electrons. The van der Waals surface area contributed by atoms with Gasteiger partial charge in [0.25, 0.3) is 11.6 Å². The summed E-state index contributed by atoms with van der Waals surface area (Å²) < 4.78 is 0. The zero-order chi connectivity index (χ0) is 15.6. The number of pyridine rings is 1. The molecule has 1 aromatic rings. The third-order valence-electron chi connectivity index (χ3n) is 3.27. The van der Waals surface area contributed by atoms with Crippen LogP contribution >= 0.6 is 11.8 Å². The van der Waals surface area contributed by atoms with E-state index >= 15 is 0 Å². The molecule has 21 heavy (non-hydrogen) atoms. The number of carbonyl (C=O) groups is 1. The third kappa shape index (κ3) is 3.44. The van der Waals surface area contributed by atoms with Gasteiger partial charge in [0.15, 0.2) is 0 Å². The number of carbonyl (C=O) groups excluding carboxylic acids is 1. The van der Waals surface area contributed by atoms with E-state index in [1.54, 1.807) is 11.9 Å². The highest BCUT2D eigenvalue weighted by atomic mass is 32.2. The smallest absolute Gasteiger partial charge is 0.300 e. The zero-order valence-corrected chi connectivity index (χ0v) is 13.0. The van der Waals surface area contributed by atoms with Crippen LogP contribution in [0, 0.1) is 10.1 Å². The van der Waals surface area contributed by atoms with Gasteiger partial charge in [0.2, 0.25) is 0 Å². The van der Waals surface area contributed by atoms with Crippen LogP contribution in [0.15, 0.2) is 12.3 Å². The lowest BCUT2D eigenvalue weighted by Crippen LogP contribution is -2.44. The largest absolute Gasteiger partial charge is 0.373 e. The first-order valence-electron chi connectivity index (χ1n) is 6.69. The molecule has 1 aromatic heterocycles. The maximum absolute atomic E-state index is 12.6. The van der Waals surface area contributed by atoms with Crippen LogP contribution < -0.4 is 5.32 Å². The van der Waals surface area contributed by atoms with Gasteiger partial charge in [-0.3, -0.25) is 14.9 Å². The molecule has 0 aliphatic carbocycles. The van der Waals surface area contributed by atoms with Crippen molar-refractivity contribution < 1.29 is 9.72 Å². The van der Waals surface area contributed by atoms with Crippen molar-refractivity contribution in [3.05, 3.63) is 27.9 Å². The number of rotatable bonds is 3. The molecule has 8 heteroatoms. The molecular weight excluding hydrogens is 292 g/mol. The summed E-state index contributed by atoms with van der Waals surface area (Å²) in [6.45, 7) is 5.31. The Morgan fingerprint density at radius 1 is 1.48 bits per heavy atom. The van der Waals surface area contributed by atoms with E-state index in [-0.39, 0.29) is 17.2 Å². The molecule has 1 saturated heterocycles. The van der Waals surface area contributed by atoms with E-state index in [9.17, 15) is 14.9 Å². The SMILES string of the molecule is CNc1cc(C(=O)N2CC(C)SC(C)C2)c([N+](=O)[O-])cn1. The molecule has 0 saturated carbocycles. The molecule has 2 atom stereocenters. The Morgan fingerprint density at radius 2 is 2.10 bits per heavy atom.